The Morgan fingerprint density at radius 1 is 1.47 bits per heavy atom. The van der Waals surface area contributed by atoms with Gasteiger partial charge in [0.1, 0.15) is 5.56 Å². The highest BCUT2D eigenvalue weighted by molar-refractivity contribution is 7.89. The van der Waals surface area contributed by atoms with Gasteiger partial charge in [0, 0.05) is 7.05 Å². The lowest BCUT2D eigenvalue weighted by Crippen LogP contribution is -2.35. The van der Waals surface area contributed by atoms with Gasteiger partial charge in [0.2, 0.25) is 5.91 Å². The third-order valence-electron chi connectivity index (χ3n) is 2.07. The Kier molecular flexibility index (Phi) is 5.01. The Labute approximate surface area is 109 Å². The summed E-state index contributed by atoms with van der Waals surface area (Å²) in [4.78, 5) is 22.5. The quantitative estimate of drug-likeness (QED) is 0.553. The second kappa shape index (κ2) is 6.29. The van der Waals surface area contributed by atoms with Gasteiger partial charge in [-0.2, -0.15) is 5.10 Å². The van der Waals surface area contributed by atoms with E-state index in [1.165, 1.54) is 7.05 Å². The molecule has 0 radical (unpaired) electrons. The third kappa shape index (κ3) is 3.76. The number of amides is 1. The van der Waals surface area contributed by atoms with Gasteiger partial charge >= 0.3 is 5.97 Å². The first-order valence-electron chi connectivity index (χ1n) is 5.33. The van der Waals surface area contributed by atoms with E-state index < -0.39 is 33.5 Å². The third-order valence-corrected chi connectivity index (χ3v) is 3.44. The summed E-state index contributed by atoms with van der Waals surface area (Å²) in [6.07, 6.45) is 1.05. The van der Waals surface area contributed by atoms with Crippen LogP contribution in [0.2, 0.25) is 0 Å². The first-order valence-corrected chi connectivity index (χ1v) is 6.81. The number of ether oxygens (including phenoxy) is 1. The molecule has 0 aliphatic rings. The van der Waals surface area contributed by atoms with E-state index in [4.69, 9.17) is 4.74 Å². The largest absolute Gasteiger partial charge is 0.462 e. The Hall–Kier alpha value is -1.94. The van der Waals surface area contributed by atoms with Crippen LogP contribution in [0.3, 0.4) is 0 Å². The minimum absolute atomic E-state index is 0.106. The molecule has 19 heavy (non-hydrogen) atoms. The van der Waals surface area contributed by atoms with Crippen molar-refractivity contribution >= 4 is 21.9 Å². The molecule has 0 aliphatic heterocycles. The van der Waals surface area contributed by atoms with Crippen LogP contribution in [0.5, 0.6) is 0 Å². The SMILES string of the molecule is CCOC(=O)c1cn[nH]c1S(=O)(=O)NCC(=O)NC. The predicted octanol–water partition coefficient (Wildman–Crippen LogP) is -1.39. The number of hydrogen-bond donors (Lipinski definition) is 3. The maximum Gasteiger partial charge on any atom is 0.342 e. The molecule has 1 heterocycles. The number of carbonyl (C=O) groups is 2. The first kappa shape index (κ1) is 15.1. The lowest BCUT2D eigenvalue weighted by molar-refractivity contribution is -0.119. The summed E-state index contributed by atoms with van der Waals surface area (Å²) < 4.78 is 30.5. The van der Waals surface area contributed by atoms with E-state index in [0.29, 0.717) is 0 Å². The monoisotopic (exact) mass is 290 g/mol. The predicted molar refractivity (Wildman–Crippen MR) is 63.8 cm³/mol. The van der Waals surface area contributed by atoms with Crippen molar-refractivity contribution in [1.82, 2.24) is 20.2 Å². The van der Waals surface area contributed by atoms with Crippen LogP contribution in [0, 0.1) is 0 Å². The van der Waals surface area contributed by atoms with Crippen LogP contribution in [-0.4, -0.2) is 50.7 Å². The molecule has 0 unspecified atom stereocenters. The molecule has 9 nitrogen and oxygen atoms in total. The summed E-state index contributed by atoms with van der Waals surface area (Å²) >= 11 is 0. The van der Waals surface area contributed by atoms with E-state index in [-0.39, 0.29) is 12.2 Å². The lowest BCUT2D eigenvalue weighted by Gasteiger charge is -2.06. The number of aromatic amines is 1. The van der Waals surface area contributed by atoms with Crippen LogP contribution in [0.15, 0.2) is 11.2 Å². The minimum atomic E-state index is -4.05. The molecule has 3 N–H and O–H groups in total. The average Bonchev–Trinajstić information content (AvgIpc) is 2.86. The first-order chi connectivity index (χ1) is 8.92. The second-order valence-electron chi connectivity index (χ2n) is 3.33. The molecule has 0 aliphatic carbocycles. The molecule has 0 saturated heterocycles. The molecular weight excluding hydrogens is 276 g/mol. The number of H-pyrrole nitrogens is 1. The van der Waals surface area contributed by atoms with Crippen LogP contribution >= 0.6 is 0 Å². The molecule has 1 aromatic heterocycles. The maximum absolute atomic E-state index is 11.9. The fourth-order valence-electron chi connectivity index (χ4n) is 1.15. The van der Waals surface area contributed by atoms with Crippen molar-refractivity contribution < 1.29 is 22.7 Å². The zero-order valence-electron chi connectivity index (χ0n) is 10.4. The molecule has 0 aromatic carbocycles. The summed E-state index contributed by atoms with van der Waals surface area (Å²) in [6, 6.07) is 0. The van der Waals surface area contributed by atoms with Crippen LogP contribution in [0.25, 0.3) is 0 Å². The van der Waals surface area contributed by atoms with Crippen LogP contribution in [-0.2, 0) is 19.6 Å². The molecular formula is C9H14N4O5S. The van der Waals surface area contributed by atoms with Gasteiger partial charge in [0.25, 0.3) is 10.0 Å². The van der Waals surface area contributed by atoms with Crippen molar-refractivity contribution in [2.75, 3.05) is 20.2 Å². The van der Waals surface area contributed by atoms with E-state index in [2.05, 4.69) is 15.5 Å². The Bertz CT molecular complexity index is 565. The van der Waals surface area contributed by atoms with Gasteiger partial charge in [-0.1, -0.05) is 0 Å². The highest BCUT2D eigenvalue weighted by atomic mass is 32.2. The Morgan fingerprint density at radius 2 is 2.16 bits per heavy atom. The van der Waals surface area contributed by atoms with E-state index in [0.717, 1.165) is 6.20 Å². The number of carbonyl (C=O) groups excluding carboxylic acids is 2. The number of hydrogen-bond acceptors (Lipinski definition) is 6. The molecule has 0 fully saturated rings. The van der Waals surface area contributed by atoms with Crippen LogP contribution < -0.4 is 10.0 Å². The van der Waals surface area contributed by atoms with Crippen molar-refractivity contribution in [3.05, 3.63) is 11.8 Å². The number of aromatic nitrogens is 2. The number of esters is 1. The van der Waals surface area contributed by atoms with Gasteiger partial charge in [-0.25, -0.2) is 17.9 Å². The van der Waals surface area contributed by atoms with Gasteiger partial charge in [0.15, 0.2) is 5.03 Å². The van der Waals surface area contributed by atoms with Gasteiger partial charge < -0.3 is 10.1 Å². The number of nitrogens with one attached hydrogen (secondary N) is 3. The van der Waals surface area contributed by atoms with Crippen molar-refractivity contribution in [3.8, 4) is 0 Å². The van der Waals surface area contributed by atoms with Crippen molar-refractivity contribution in [2.24, 2.45) is 0 Å². The van der Waals surface area contributed by atoms with E-state index in [1.54, 1.807) is 6.92 Å². The number of rotatable bonds is 6. The van der Waals surface area contributed by atoms with E-state index >= 15 is 0 Å². The van der Waals surface area contributed by atoms with E-state index in [9.17, 15) is 18.0 Å². The van der Waals surface area contributed by atoms with Gasteiger partial charge in [-0.15, -0.1) is 0 Å². The standard InChI is InChI=1S/C9H14N4O5S/c1-3-18-9(15)6-4-11-13-8(6)19(16,17)12-5-7(14)10-2/h4,12H,3,5H2,1-2H3,(H,10,14)(H,11,13). The average molecular weight is 290 g/mol. The molecule has 1 rings (SSSR count). The zero-order valence-corrected chi connectivity index (χ0v) is 11.2. The highest BCUT2D eigenvalue weighted by Gasteiger charge is 2.26. The van der Waals surface area contributed by atoms with Crippen molar-refractivity contribution in [1.29, 1.82) is 0 Å². The Balaban J connectivity index is 2.93. The van der Waals surface area contributed by atoms with Crippen molar-refractivity contribution in [2.45, 2.75) is 11.9 Å². The normalized spacial score (nSPS) is 11.1. The van der Waals surface area contributed by atoms with Gasteiger partial charge in [-0.3, -0.25) is 9.89 Å². The maximum atomic E-state index is 11.9. The molecule has 1 aromatic rings. The van der Waals surface area contributed by atoms with E-state index in [1.807, 2.05) is 4.72 Å². The Morgan fingerprint density at radius 3 is 2.74 bits per heavy atom. The van der Waals surface area contributed by atoms with Crippen molar-refractivity contribution in [3.63, 3.8) is 0 Å². The van der Waals surface area contributed by atoms with Crippen LogP contribution in [0.4, 0.5) is 0 Å². The molecule has 0 spiro atoms. The number of nitrogens with zero attached hydrogens (tertiary/aromatic N) is 1. The molecule has 0 bridgehead atoms. The molecule has 1 amide bonds. The van der Waals surface area contributed by atoms with Crippen LogP contribution in [0.1, 0.15) is 17.3 Å². The summed E-state index contributed by atoms with van der Waals surface area (Å²) in [5, 5.41) is 7.51. The zero-order chi connectivity index (χ0) is 14.5. The minimum Gasteiger partial charge on any atom is -0.462 e. The van der Waals surface area contributed by atoms with Gasteiger partial charge in [0.05, 0.1) is 19.3 Å². The summed E-state index contributed by atoms with van der Waals surface area (Å²) in [5.74, 6) is -1.32. The summed E-state index contributed by atoms with van der Waals surface area (Å²) in [7, 11) is -2.67. The second-order valence-corrected chi connectivity index (χ2v) is 5.03. The molecule has 106 valence electrons. The number of sulfonamides is 1. The van der Waals surface area contributed by atoms with Gasteiger partial charge in [-0.05, 0) is 6.92 Å². The smallest absolute Gasteiger partial charge is 0.342 e. The molecule has 10 heteroatoms. The topological polar surface area (TPSA) is 130 Å². The summed E-state index contributed by atoms with van der Waals surface area (Å²) in [6.45, 7) is 1.26. The molecule has 0 saturated carbocycles. The fourth-order valence-corrected chi connectivity index (χ4v) is 2.22. The summed E-state index contributed by atoms with van der Waals surface area (Å²) in [5.41, 5.74) is -0.216. The highest BCUT2D eigenvalue weighted by Crippen LogP contribution is 2.12. The number of likely N-dealkylation sites (N-methyl/N-ethyl adjacent to an activating group) is 1. The molecule has 0 atom stereocenters. The lowest BCUT2D eigenvalue weighted by atomic mass is 10.4. The fraction of sp³-hybridized carbons (Fsp3) is 0.444.